The van der Waals surface area contributed by atoms with Crippen LogP contribution in [0.3, 0.4) is 0 Å². The molecule has 0 radical (unpaired) electrons. The highest BCUT2D eigenvalue weighted by Crippen LogP contribution is 2.44. The van der Waals surface area contributed by atoms with Crippen molar-refractivity contribution in [2.45, 2.75) is 0 Å². The Morgan fingerprint density at radius 3 is 1.97 bits per heavy atom. The monoisotopic (exact) mass is 770 g/mol. The molecule has 0 atom stereocenters. The van der Waals surface area contributed by atoms with Crippen LogP contribution in [0, 0.1) is 0 Å². The van der Waals surface area contributed by atoms with E-state index in [0.29, 0.717) is 17.5 Å². The maximum Gasteiger partial charge on any atom is 0.164 e. The van der Waals surface area contributed by atoms with Crippen molar-refractivity contribution in [1.29, 1.82) is 0 Å². The van der Waals surface area contributed by atoms with Crippen LogP contribution in [0.5, 0.6) is 0 Å². The van der Waals surface area contributed by atoms with Gasteiger partial charge in [-0.3, -0.25) is 0 Å². The summed E-state index contributed by atoms with van der Waals surface area (Å²) in [7, 11) is 0. The summed E-state index contributed by atoms with van der Waals surface area (Å²) < 4.78 is 11.7. The Hall–Kier alpha value is -7.67. The summed E-state index contributed by atoms with van der Waals surface area (Å²) in [5, 5.41) is 11.6. The second-order valence-corrected chi connectivity index (χ2v) is 16.2. The maximum absolute atomic E-state index is 6.90. The van der Waals surface area contributed by atoms with Gasteiger partial charge in [0.15, 0.2) is 17.5 Å². The van der Waals surface area contributed by atoms with E-state index in [1.54, 1.807) is 11.3 Å². The van der Waals surface area contributed by atoms with E-state index in [0.717, 1.165) is 66.0 Å². The first-order chi connectivity index (χ1) is 29.2. The average molecular weight is 771 g/mol. The summed E-state index contributed by atoms with van der Waals surface area (Å²) in [6.45, 7) is 0. The summed E-state index contributed by atoms with van der Waals surface area (Å²) in [6.07, 6.45) is 0. The topological polar surface area (TPSA) is 56.7 Å². The molecule has 59 heavy (non-hydrogen) atoms. The molecule has 4 heterocycles. The molecule has 0 aliphatic heterocycles. The number of para-hydroxylation sites is 1. The summed E-state index contributed by atoms with van der Waals surface area (Å²) in [6, 6.07) is 64.2. The first kappa shape index (κ1) is 32.4. The fraction of sp³-hybridized carbons (Fsp3) is 0. The lowest BCUT2D eigenvalue weighted by atomic mass is 9.98. The van der Waals surface area contributed by atoms with E-state index in [1.807, 2.05) is 18.2 Å². The van der Waals surface area contributed by atoms with Crippen molar-refractivity contribution in [3.63, 3.8) is 0 Å². The number of benzene rings is 9. The highest BCUT2D eigenvalue weighted by Gasteiger charge is 2.22. The molecule has 0 unspecified atom stereocenters. The molecule has 0 saturated carbocycles. The third-order valence-electron chi connectivity index (χ3n) is 11.8. The number of hydrogen-bond acceptors (Lipinski definition) is 5. The molecule has 274 valence electrons. The molecule has 13 aromatic rings. The Morgan fingerprint density at radius 2 is 1.08 bits per heavy atom. The van der Waals surface area contributed by atoms with Crippen molar-refractivity contribution in [2.75, 3.05) is 0 Å². The molecule has 5 nitrogen and oxygen atoms in total. The summed E-state index contributed by atoms with van der Waals surface area (Å²) in [5.74, 6) is 1.86. The Labute approximate surface area is 341 Å². The fourth-order valence-corrected chi connectivity index (χ4v) is 10.4. The molecule has 4 aromatic heterocycles. The van der Waals surface area contributed by atoms with Gasteiger partial charge in [-0.2, -0.15) is 0 Å². The molecule has 0 spiro atoms. The Balaban J connectivity index is 1.05. The van der Waals surface area contributed by atoms with Crippen molar-refractivity contribution in [1.82, 2.24) is 19.5 Å². The van der Waals surface area contributed by atoms with Gasteiger partial charge in [0.25, 0.3) is 0 Å². The molecule has 0 aliphatic carbocycles. The number of furan rings is 1. The predicted octanol–water partition coefficient (Wildman–Crippen LogP) is 14.5. The highest BCUT2D eigenvalue weighted by atomic mass is 32.1. The van der Waals surface area contributed by atoms with Gasteiger partial charge in [0.05, 0.1) is 11.0 Å². The van der Waals surface area contributed by atoms with E-state index in [1.165, 1.54) is 41.8 Å². The SMILES string of the molecule is c1ccc(-c2nc(-c3cc4oc5cc(-n6c7ccccc7c7c8ccccc8ccc76)ccc5c4c4ccccc34)nc(-c3cccc4sc5ccccc5c34)n2)cc1. The van der Waals surface area contributed by atoms with Crippen LogP contribution in [-0.2, 0) is 0 Å². The summed E-state index contributed by atoms with van der Waals surface area (Å²) in [5.41, 5.74) is 7.79. The number of fused-ring (bicyclic) bond motifs is 13. The third-order valence-corrected chi connectivity index (χ3v) is 13.0. The first-order valence-corrected chi connectivity index (χ1v) is 20.6. The molecule has 0 amide bonds. The largest absolute Gasteiger partial charge is 0.456 e. The third kappa shape index (κ3) is 4.81. The normalized spacial score (nSPS) is 12.1. The fourth-order valence-electron chi connectivity index (χ4n) is 9.26. The van der Waals surface area contributed by atoms with Gasteiger partial charge in [-0.05, 0) is 64.0 Å². The predicted molar refractivity (Wildman–Crippen MR) is 246 cm³/mol. The van der Waals surface area contributed by atoms with Crippen molar-refractivity contribution in [3.05, 3.63) is 182 Å². The molecule has 13 rings (SSSR count). The zero-order valence-electron chi connectivity index (χ0n) is 31.4. The second-order valence-electron chi connectivity index (χ2n) is 15.1. The highest BCUT2D eigenvalue weighted by molar-refractivity contribution is 7.25. The van der Waals surface area contributed by atoms with E-state index in [2.05, 4.69) is 168 Å². The molecule has 0 fully saturated rings. The minimum atomic E-state index is 0.599. The van der Waals surface area contributed by atoms with Gasteiger partial charge in [-0.25, -0.2) is 15.0 Å². The van der Waals surface area contributed by atoms with E-state index in [9.17, 15) is 0 Å². The number of aromatic nitrogens is 4. The van der Waals surface area contributed by atoms with Crippen LogP contribution in [0.2, 0.25) is 0 Å². The van der Waals surface area contributed by atoms with Crippen LogP contribution in [0.1, 0.15) is 0 Å². The lowest BCUT2D eigenvalue weighted by molar-refractivity contribution is 0.669. The van der Waals surface area contributed by atoms with Gasteiger partial charge in [-0.1, -0.05) is 133 Å². The quantitative estimate of drug-likeness (QED) is 0.179. The number of thiophene rings is 1. The van der Waals surface area contributed by atoms with Gasteiger partial charge >= 0.3 is 0 Å². The number of nitrogens with zero attached hydrogens (tertiary/aromatic N) is 4. The van der Waals surface area contributed by atoms with Crippen molar-refractivity contribution in [3.8, 4) is 39.9 Å². The number of hydrogen-bond donors (Lipinski definition) is 0. The van der Waals surface area contributed by atoms with Crippen LogP contribution in [0.25, 0.3) is 125 Å². The van der Waals surface area contributed by atoms with Gasteiger partial charge < -0.3 is 8.98 Å². The van der Waals surface area contributed by atoms with Crippen molar-refractivity contribution >= 4 is 96.8 Å². The van der Waals surface area contributed by atoms with Crippen molar-refractivity contribution < 1.29 is 4.42 Å². The Morgan fingerprint density at radius 1 is 0.390 bits per heavy atom. The minimum Gasteiger partial charge on any atom is -0.456 e. The lowest BCUT2D eigenvalue weighted by Gasteiger charge is -2.11. The molecular weight excluding hydrogens is 741 g/mol. The minimum absolute atomic E-state index is 0.599. The van der Waals surface area contributed by atoms with Crippen molar-refractivity contribution in [2.24, 2.45) is 0 Å². The first-order valence-electron chi connectivity index (χ1n) is 19.8. The average Bonchev–Trinajstić information content (AvgIpc) is 3.98. The maximum atomic E-state index is 6.90. The Bertz CT molecular complexity index is 3860. The van der Waals surface area contributed by atoms with Gasteiger partial charge in [0.2, 0.25) is 0 Å². The van der Waals surface area contributed by atoms with E-state index in [4.69, 9.17) is 19.4 Å². The smallest absolute Gasteiger partial charge is 0.164 e. The zero-order chi connectivity index (χ0) is 38.6. The lowest BCUT2D eigenvalue weighted by Crippen LogP contribution is -2.01. The van der Waals surface area contributed by atoms with Crippen LogP contribution in [-0.4, -0.2) is 19.5 Å². The molecular formula is C53H30N4OS. The van der Waals surface area contributed by atoms with Gasteiger partial charge in [0.1, 0.15) is 11.2 Å². The standard InChI is InChI=1S/C53H30N4OS/c1-2-14-32(15-3-1)51-54-52(40-21-12-24-47-50(40)39-20-9-11-23-46(39)59-47)56-53(55-51)41-30-45-49(36-18-7-6-17-35(36)41)38-27-26-33(29-44(38)58-45)57-42-22-10-8-19-37(42)48-34-16-5-4-13-31(34)25-28-43(48)57/h1-30H. The zero-order valence-corrected chi connectivity index (χ0v) is 32.2. The molecule has 6 heteroatoms. The molecule has 9 aromatic carbocycles. The Kier molecular flexibility index (Phi) is 6.82. The molecule has 0 aliphatic rings. The molecule has 0 N–H and O–H groups in total. The van der Waals surface area contributed by atoms with Crippen LogP contribution in [0.4, 0.5) is 0 Å². The van der Waals surface area contributed by atoms with Gasteiger partial charge in [0, 0.05) is 70.2 Å². The second kappa shape index (κ2) is 12.4. The van der Waals surface area contributed by atoms with E-state index >= 15 is 0 Å². The van der Waals surface area contributed by atoms with E-state index in [-0.39, 0.29) is 0 Å². The van der Waals surface area contributed by atoms with Crippen LogP contribution in [0.15, 0.2) is 186 Å². The molecule has 0 bridgehead atoms. The van der Waals surface area contributed by atoms with Crippen LogP contribution < -0.4 is 0 Å². The summed E-state index contributed by atoms with van der Waals surface area (Å²) in [4.78, 5) is 15.7. The van der Waals surface area contributed by atoms with E-state index < -0.39 is 0 Å². The van der Waals surface area contributed by atoms with Crippen LogP contribution >= 0.6 is 11.3 Å². The molecule has 0 saturated heterocycles. The number of rotatable bonds is 4. The van der Waals surface area contributed by atoms with Gasteiger partial charge in [-0.15, -0.1) is 11.3 Å². The summed E-state index contributed by atoms with van der Waals surface area (Å²) >= 11 is 1.79.